The molecule has 12 fully saturated rings. The van der Waals surface area contributed by atoms with Gasteiger partial charge < -0.3 is 0 Å². The summed E-state index contributed by atoms with van der Waals surface area (Å²) in [4.78, 5) is 0. The maximum Gasteiger partial charge on any atom is 0.0558 e. The molecule has 0 amide bonds. The van der Waals surface area contributed by atoms with E-state index in [4.69, 9.17) is 0 Å². The molecule has 1 aromatic carbocycles. The van der Waals surface area contributed by atoms with Crippen molar-refractivity contribution in [3.63, 3.8) is 0 Å². The maximum absolute atomic E-state index is 4.03. The summed E-state index contributed by atoms with van der Waals surface area (Å²) in [5.41, 5.74) is 4.36. The number of hydrogen-bond donors (Lipinski definition) is 0. The first-order valence-electron chi connectivity index (χ1n) is 18.2. The summed E-state index contributed by atoms with van der Waals surface area (Å²) < 4.78 is 0. The third-order valence-corrected chi connectivity index (χ3v) is 14.6. The van der Waals surface area contributed by atoms with Crippen molar-refractivity contribution in [1.29, 1.82) is 0 Å². The Bertz CT molecular complexity index is 1310. The van der Waals surface area contributed by atoms with Crippen LogP contribution in [0, 0.1) is 105 Å². The van der Waals surface area contributed by atoms with E-state index in [-0.39, 0.29) is 16.2 Å². The van der Waals surface area contributed by atoms with Crippen molar-refractivity contribution in [3.05, 3.63) is 34.9 Å². The van der Waals surface area contributed by atoms with Crippen molar-refractivity contribution in [3.8, 4) is 35.5 Å². The van der Waals surface area contributed by atoms with Gasteiger partial charge in [0.25, 0.3) is 0 Å². The van der Waals surface area contributed by atoms with Gasteiger partial charge in [0.1, 0.15) is 0 Å². The van der Waals surface area contributed by atoms with E-state index in [0.29, 0.717) is 0 Å². The number of rotatable bonds is 0. The SMILES string of the molecule is C(#CC12CC3CC(CC(C3)C1)C2)c1cccc(C#CC23CC4CC(CC(C4)C2)C3)c1C#CC12CC3CC(CC(C3)C1)C2. The van der Waals surface area contributed by atoms with Crippen molar-refractivity contribution < 1.29 is 0 Å². The smallest absolute Gasteiger partial charge is 0.0558 e. The van der Waals surface area contributed by atoms with Crippen LogP contribution in [0.5, 0.6) is 0 Å². The van der Waals surface area contributed by atoms with Crippen LogP contribution in [0.15, 0.2) is 18.2 Å². The van der Waals surface area contributed by atoms with Gasteiger partial charge in [-0.15, -0.1) is 0 Å². The van der Waals surface area contributed by atoms with Crippen molar-refractivity contribution in [2.75, 3.05) is 0 Å². The van der Waals surface area contributed by atoms with E-state index in [1.54, 1.807) is 0 Å². The molecule has 0 heteroatoms. The maximum atomic E-state index is 4.03. The highest BCUT2D eigenvalue weighted by molar-refractivity contribution is 5.60. The van der Waals surface area contributed by atoms with Crippen molar-refractivity contribution in [2.24, 2.45) is 69.5 Å². The molecule has 0 atom stereocenters. The zero-order valence-corrected chi connectivity index (χ0v) is 25.7. The fraction of sp³-hybridized carbons (Fsp3) is 0.714. The highest BCUT2D eigenvalue weighted by Gasteiger charge is 2.52. The van der Waals surface area contributed by atoms with Crippen LogP contribution in [0.25, 0.3) is 0 Å². The Morgan fingerprint density at radius 3 is 0.929 bits per heavy atom. The highest BCUT2D eigenvalue weighted by atomic mass is 14.6. The van der Waals surface area contributed by atoms with Crippen LogP contribution in [0.2, 0.25) is 0 Å². The molecular formula is C42H48. The van der Waals surface area contributed by atoms with Gasteiger partial charge in [-0.3, -0.25) is 0 Å². The molecular weight excluding hydrogens is 504 g/mol. The summed E-state index contributed by atoms with van der Waals surface area (Å²) in [7, 11) is 0. The van der Waals surface area contributed by atoms with E-state index >= 15 is 0 Å². The van der Waals surface area contributed by atoms with Crippen LogP contribution in [0.3, 0.4) is 0 Å². The molecule has 0 unspecified atom stereocenters. The minimum atomic E-state index is 0.264. The van der Waals surface area contributed by atoms with Gasteiger partial charge in [-0.1, -0.05) is 41.6 Å². The van der Waals surface area contributed by atoms with Gasteiger partial charge in [-0.05, 0) is 181 Å². The largest absolute Gasteiger partial charge is 0.0910 e. The predicted molar refractivity (Wildman–Crippen MR) is 169 cm³/mol. The van der Waals surface area contributed by atoms with Crippen molar-refractivity contribution in [2.45, 2.75) is 116 Å². The van der Waals surface area contributed by atoms with Crippen LogP contribution in [0.4, 0.5) is 0 Å². The Labute approximate surface area is 255 Å². The molecule has 216 valence electrons. The molecule has 0 heterocycles. The van der Waals surface area contributed by atoms with Crippen LogP contribution in [0.1, 0.15) is 132 Å². The second-order valence-electron chi connectivity index (χ2n) is 18.1. The Morgan fingerprint density at radius 1 is 0.381 bits per heavy atom. The van der Waals surface area contributed by atoms with Crippen LogP contribution in [-0.4, -0.2) is 0 Å². The number of benzene rings is 1. The molecule has 12 saturated carbocycles. The van der Waals surface area contributed by atoms with Crippen LogP contribution in [-0.2, 0) is 0 Å². The van der Waals surface area contributed by atoms with E-state index < -0.39 is 0 Å². The first-order valence-corrected chi connectivity index (χ1v) is 18.2. The summed E-state index contributed by atoms with van der Waals surface area (Å²) >= 11 is 0. The molecule has 0 aliphatic heterocycles. The quantitative estimate of drug-likeness (QED) is 0.281. The first kappa shape index (κ1) is 25.2. The Kier molecular flexibility index (Phi) is 5.40. The molecule has 12 aliphatic rings. The molecule has 12 aliphatic carbocycles. The zero-order valence-electron chi connectivity index (χ0n) is 25.7. The van der Waals surface area contributed by atoms with Gasteiger partial charge in [0, 0.05) is 27.4 Å². The number of hydrogen-bond acceptors (Lipinski definition) is 0. The lowest BCUT2D eigenvalue weighted by Gasteiger charge is -2.54. The molecule has 0 saturated heterocycles. The minimum Gasteiger partial charge on any atom is -0.0910 e. The molecule has 1 aromatic rings. The summed E-state index contributed by atoms with van der Waals surface area (Å²) in [6.07, 6.45) is 25.5. The lowest BCUT2D eigenvalue weighted by molar-refractivity contribution is -0.0183. The lowest BCUT2D eigenvalue weighted by atomic mass is 9.50. The summed E-state index contributed by atoms with van der Waals surface area (Å²) in [5, 5.41) is 0. The van der Waals surface area contributed by atoms with E-state index in [9.17, 15) is 0 Å². The van der Waals surface area contributed by atoms with Gasteiger partial charge >= 0.3 is 0 Å². The van der Waals surface area contributed by atoms with Crippen molar-refractivity contribution in [1.82, 2.24) is 0 Å². The standard InChI is InChI=1S/C42H48/c1-2-37(4-7-40-19-28-10-29(20-40)12-30(11-28)21-40)39(6-9-42-25-34-16-35(26-42)18-36(17-34)27-42)38(3-1)5-8-41-22-31-13-32(23-41)15-33(14-31)24-41/h1-3,28-36H,10-27H2. The zero-order chi connectivity index (χ0) is 27.5. The fourth-order valence-corrected chi connectivity index (χ4v) is 14.3. The third-order valence-electron chi connectivity index (χ3n) is 14.6. The summed E-state index contributed by atoms with van der Waals surface area (Å²) in [5.74, 6) is 32.1. The molecule has 0 nitrogen and oxygen atoms in total. The monoisotopic (exact) mass is 552 g/mol. The Morgan fingerprint density at radius 2 is 0.643 bits per heavy atom. The van der Waals surface area contributed by atoms with Gasteiger partial charge in [0.05, 0.1) is 5.56 Å². The Hall–Kier alpha value is -2.10. The lowest BCUT2D eigenvalue weighted by Crippen LogP contribution is -2.45. The fourth-order valence-electron chi connectivity index (χ4n) is 14.3. The van der Waals surface area contributed by atoms with E-state index in [1.807, 2.05) is 0 Å². The topological polar surface area (TPSA) is 0 Å². The third kappa shape index (κ3) is 4.20. The second-order valence-corrected chi connectivity index (χ2v) is 18.1. The van der Waals surface area contributed by atoms with E-state index in [0.717, 1.165) is 53.3 Å². The molecule has 0 aromatic heterocycles. The normalized spacial score (nSPS) is 49.6. The molecule has 42 heavy (non-hydrogen) atoms. The van der Waals surface area contributed by atoms with E-state index in [1.165, 1.54) is 132 Å². The van der Waals surface area contributed by atoms with Crippen molar-refractivity contribution >= 4 is 0 Å². The van der Waals surface area contributed by atoms with Crippen LogP contribution < -0.4 is 0 Å². The predicted octanol–water partition coefficient (Wildman–Crippen LogP) is 9.39. The average Bonchev–Trinajstić information content (AvgIpc) is 2.92. The minimum absolute atomic E-state index is 0.264. The van der Waals surface area contributed by atoms with Gasteiger partial charge in [-0.25, -0.2) is 0 Å². The van der Waals surface area contributed by atoms with Gasteiger partial charge in [-0.2, -0.15) is 0 Å². The second kappa shape index (κ2) is 8.98. The summed E-state index contributed by atoms with van der Waals surface area (Å²) in [6.45, 7) is 0. The highest BCUT2D eigenvalue weighted by Crippen LogP contribution is 2.62. The first-order chi connectivity index (χ1) is 20.5. The Balaban J connectivity index is 1.04. The molecule has 12 bridgehead atoms. The summed E-state index contributed by atoms with van der Waals surface area (Å²) in [6, 6.07) is 6.81. The molecule has 0 N–H and O–H groups in total. The van der Waals surface area contributed by atoms with Gasteiger partial charge in [0.2, 0.25) is 0 Å². The van der Waals surface area contributed by atoms with Gasteiger partial charge in [0.15, 0.2) is 0 Å². The molecule has 0 radical (unpaired) electrons. The molecule has 13 rings (SSSR count). The van der Waals surface area contributed by atoms with E-state index in [2.05, 4.69) is 53.7 Å². The average molecular weight is 553 g/mol. The van der Waals surface area contributed by atoms with Crippen LogP contribution >= 0.6 is 0 Å². The molecule has 0 spiro atoms.